The van der Waals surface area contributed by atoms with E-state index in [9.17, 15) is 8.78 Å². The van der Waals surface area contributed by atoms with Crippen molar-refractivity contribution in [2.45, 2.75) is 25.3 Å². The molecule has 1 aliphatic carbocycles. The zero-order valence-electron chi connectivity index (χ0n) is 10.6. The molecule has 1 aromatic heterocycles. The summed E-state index contributed by atoms with van der Waals surface area (Å²) in [5, 5.41) is 13.7. The molecule has 5 heteroatoms. The first-order chi connectivity index (χ1) is 9.69. The van der Waals surface area contributed by atoms with Gasteiger partial charge in [0.05, 0.1) is 17.7 Å². The molecule has 0 fully saturated rings. The Morgan fingerprint density at radius 2 is 2.05 bits per heavy atom. The number of anilines is 1. The molecule has 0 saturated carbocycles. The lowest BCUT2D eigenvalue weighted by molar-refractivity contribution is 0.564. The van der Waals surface area contributed by atoms with E-state index in [0.29, 0.717) is 0 Å². The van der Waals surface area contributed by atoms with E-state index in [-0.39, 0.29) is 17.3 Å². The standard InChI is InChI=1S/C15H12F2N2S/c16-11-6-9(8-18)7-12(17)15(11)19-13-2-1-3-14-10(13)4-5-20-14/h4-7,13,19H,1-3H2. The largest absolute Gasteiger partial charge is 0.373 e. The van der Waals surface area contributed by atoms with Crippen LogP contribution in [0.3, 0.4) is 0 Å². The normalized spacial score (nSPS) is 17.4. The third kappa shape index (κ3) is 2.27. The number of hydrogen-bond acceptors (Lipinski definition) is 3. The van der Waals surface area contributed by atoms with Crippen molar-refractivity contribution in [3.05, 3.63) is 51.2 Å². The van der Waals surface area contributed by atoms with E-state index in [1.54, 1.807) is 17.4 Å². The van der Waals surface area contributed by atoms with Crippen LogP contribution in [-0.2, 0) is 6.42 Å². The molecule has 2 nitrogen and oxygen atoms in total. The topological polar surface area (TPSA) is 35.8 Å². The molecule has 1 atom stereocenters. The third-order valence-corrected chi connectivity index (χ3v) is 4.54. The quantitative estimate of drug-likeness (QED) is 0.890. The number of fused-ring (bicyclic) bond motifs is 1. The average molecular weight is 290 g/mol. The maximum atomic E-state index is 13.9. The van der Waals surface area contributed by atoms with Crippen molar-refractivity contribution in [3.8, 4) is 6.07 Å². The number of nitrogens with zero attached hydrogens (tertiary/aromatic N) is 1. The van der Waals surface area contributed by atoms with Crippen molar-refractivity contribution < 1.29 is 8.78 Å². The van der Waals surface area contributed by atoms with Crippen molar-refractivity contribution in [2.24, 2.45) is 0 Å². The van der Waals surface area contributed by atoms with Gasteiger partial charge in [0.2, 0.25) is 0 Å². The number of aryl methyl sites for hydroxylation is 1. The van der Waals surface area contributed by atoms with Crippen LogP contribution in [0.1, 0.15) is 34.9 Å². The molecular formula is C15H12F2N2S. The van der Waals surface area contributed by atoms with Crippen LogP contribution in [0.15, 0.2) is 23.6 Å². The van der Waals surface area contributed by atoms with Gasteiger partial charge < -0.3 is 5.32 Å². The summed E-state index contributed by atoms with van der Waals surface area (Å²) in [5.41, 5.74) is 0.975. The molecule has 102 valence electrons. The highest BCUT2D eigenvalue weighted by Gasteiger charge is 2.23. The van der Waals surface area contributed by atoms with Gasteiger partial charge in [0.1, 0.15) is 5.69 Å². The first-order valence-electron chi connectivity index (χ1n) is 6.41. The SMILES string of the molecule is N#Cc1cc(F)c(NC2CCCc3sccc32)c(F)c1. The predicted octanol–water partition coefficient (Wildman–Crippen LogP) is 4.39. The molecule has 0 bridgehead atoms. The van der Waals surface area contributed by atoms with Crippen molar-refractivity contribution in [2.75, 3.05) is 5.32 Å². The molecule has 0 aliphatic heterocycles. The second kappa shape index (κ2) is 5.22. The van der Waals surface area contributed by atoms with Gasteiger partial charge in [-0.3, -0.25) is 0 Å². The molecule has 1 heterocycles. The summed E-state index contributed by atoms with van der Waals surface area (Å²) in [4.78, 5) is 1.28. The molecule has 1 N–H and O–H groups in total. The molecule has 1 aromatic carbocycles. The Morgan fingerprint density at radius 3 is 2.75 bits per heavy atom. The van der Waals surface area contributed by atoms with E-state index >= 15 is 0 Å². The molecule has 1 aliphatic rings. The van der Waals surface area contributed by atoms with Crippen LogP contribution in [0.25, 0.3) is 0 Å². The van der Waals surface area contributed by atoms with Crippen LogP contribution < -0.4 is 5.32 Å². The van der Waals surface area contributed by atoms with Gasteiger partial charge in [0.25, 0.3) is 0 Å². The minimum atomic E-state index is -0.719. The Balaban J connectivity index is 1.92. The van der Waals surface area contributed by atoms with Crippen LogP contribution in [0.2, 0.25) is 0 Å². The Morgan fingerprint density at radius 1 is 1.30 bits per heavy atom. The van der Waals surface area contributed by atoms with Gasteiger partial charge in [0.15, 0.2) is 11.6 Å². The molecular weight excluding hydrogens is 278 g/mol. The Hall–Kier alpha value is -1.93. The molecule has 0 saturated heterocycles. The lowest BCUT2D eigenvalue weighted by atomic mass is 9.94. The average Bonchev–Trinajstić information content (AvgIpc) is 2.91. The number of nitrogens with one attached hydrogen (secondary N) is 1. The van der Waals surface area contributed by atoms with Crippen molar-refractivity contribution >= 4 is 17.0 Å². The van der Waals surface area contributed by atoms with E-state index in [4.69, 9.17) is 5.26 Å². The van der Waals surface area contributed by atoms with Crippen molar-refractivity contribution in [3.63, 3.8) is 0 Å². The first kappa shape index (κ1) is 13.1. The summed E-state index contributed by atoms with van der Waals surface area (Å²) in [7, 11) is 0. The number of benzene rings is 1. The molecule has 0 spiro atoms. The highest BCUT2D eigenvalue weighted by molar-refractivity contribution is 7.10. The Kier molecular flexibility index (Phi) is 3.41. The second-order valence-corrected chi connectivity index (χ2v) is 5.82. The smallest absolute Gasteiger partial charge is 0.150 e. The maximum absolute atomic E-state index is 13.9. The molecule has 20 heavy (non-hydrogen) atoms. The van der Waals surface area contributed by atoms with E-state index < -0.39 is 11.6 Å². The fourth-order valence-corrected chi connectivity index (χ4v) is 3.57. The number of nitriles is 1. The second-order valence-electron chi connectivity index (χ2n) is 4.81. The van der Waals surface area contributed by atoms with Gasteiger partial charge in [-0.15, -0.1) is 11.3 Å². The van der Waals surface area contributed by atoms with Crippen LogP contribution in [-0.4, -0.2) is 0 Å². The minimum absolute atomic E-state index is 0.00887. The van der Waals surface area contributed by atoms with Crippen LogP contribution in [0, 0.1) is 23.0 Å². The van der Waals surface area contributed by atoms with Crippen molar-refractivity contribution in [1.82, 2.24) is 0 Å². The van der Waals surface area contributed by atoms with E-state index in [1.807, 2.05) is 11.4 Å². The molecule has 1 unspecified atom stereocenters. The summed E-state index contributed by atoms with van der Waals surface area (Å²) < 4.78 is 27.8. The first-order valence-corrected chi connectivity index (χ1v) is 7.29. The fourth-order valence-electron chi connectivity index (χ4n) is 2.59. The third-order valence-electron chi connectivity index (χ3n) is 3.54. The molecule has 2 aromatic rings. The van der Waals surface area contributed by atoms with Gasteiger partial charge in [-0.1, -0.05) is 0 Å². The number of hydrogen-bond donors (Lipinski definition) is 1. The fraction of sp³-hybridized carbons (Fsp3) is 0.267. The van der Waals surface area contributed by atoms with Gasteiger partial charge in [0, 0.05) is 4.88 Å². The van der Waals surface area contributed by atoms with Crippen LogP contribution in [0.4, 0.5) is 14.5 Å². The highest BCUT2D eigenvalue weighted by atomic mass is 32.1. The monoisotopic (exact) mass is 290 g/mol. The minimum Gasteiger partial charge on any atom is -0.373 e. The summed E-state index contributed by atoms with van der Waals surface area (Å²) in [6.07, 6.45) is 2.89. The predicted molar refractivity (Wildman–Crippen MR) is 74.7 cm³/mol. The molecule has 0 amide bonds. The Labute approximate surface area is 119 Å². The van der Waals surface area contributed by atoms with Gasteiger partial charge in [-0.2, -0.15) is 5.26 Å². The van der Waals surface area contributed by atoms with E-state index in [2.05, 4.69) is 5.32 Å². The number of thiophene rings is 1. The summed E-state index contributed by atoms with van der Waals surface area (Å²) >= 11 is 1.68. The van der Waals surface area contributed by atoms with Gasteiger partial charge >= 0.3 is 0 Å². The molecule has 0 radical (unpaired) electrons. The van der Waals surface area contributed by atoms with Crippen LogP contribution >= 0.6 is 11.3 Å². The zero-order chi connectivity index (χ0) is 14.1. The number of halogens is 2. The zero-order valence-corrected chi connectivity index (χ0v) is 11.4. The van der Waals surface area contributed by atoms with Gasteiger partial charge in [-0.25, -0.2) is 8.78 Å². The summed E-state index contributed by atoms with van der Waals surface area (Å²) in [6, 6.07) is 5.80. The number of rotatable bonds is 2. The highest BCUT2D eigenvalue weighted by Crippen LogP contribution is 2.36. The molecule has 3 rings (SSSR count). The summed E-state index contributed by atoms with van der Waals surface area (Å²) in [6.45, 7) is 0. The van der Waals surface area contributed by atoms with E-state index in [1.165, 1.54) is 4.88 Å². The lowest BCUT2D eigenvalue weighted by Gasteiger charge is -2.25. The van der Waals surface area contributed by atoms with E-state index in [0.717, 1.165) is 37.0 Å². The van der Waals surface area contributed by atoms with Gasteiger partial charge in [-0.05, 0) is 48.4 Å². The lowest BCUT2D eigenvalue weighted by Crippen LogP contribution is -2.17. The van der Waals surface area contributed by atoms with Crippen molar-refractivity contribution in [1.29, 1.82) is 5.26 Å². The van der Waals surface area contributed by atoms with Crippen LogP contribution in [0.5, 0.6) is 0 Å². The summed E-state index contributed by atoms with van der Waals surface area (Å²) in [5.74, 6) is -1.44. The maximum Gasteiger partial charge on any atom is 0.150 e. The Bertz CT molecular complexity index is 664.